The van der Waals surface area contributed by atoms with E-state index in [4.69, 9.17) is 0 Å². The van der Waals surface area contributed by atoms with Gasteiger partial charge in [0.1, 0.15) is 12.1 Å². The molecule has 1 saturated carbocycles. The summed E-state index contributed by atoms with van der Waals surface area (Å²) in [4.78, 5) is 12.2. The van der Waals surface area contributed by atoms with Crippen LogP contribution in [0.4, 0.5) is 0 Å². The Morgan fingerprint density at radius 3 is 2.24 bits per heavy atom. The predicted molar refractivity (Wildman–Crippen MR) is 137 cm³/mol. The van der Waals surface area contributed by atoms with Gasteiger partial charge in [-0.1, -0.05) is 83.2 Å². The van der Waals surface area contributed by atoms with Gasteiger partial charge in [0, 0.05) is 25.9 Å². The van der Waals surface area contributed by atoms with Crippen LogP contribution in [0.5, 0.6) is 0 Å². The molecule has 8 heteroatoms. The van der Waals surface area contributed by atoms with Crippen LogP contribution in [-0.2, 0) is 21.5 Å². The van der Waals surface area contributed by atoms with Gasteiger partial charge in [0.25, 0.3) is 0 Å². The van der Waals surface area contributed by atoms with E-state index in [1.807, 2.05) is 44.2 Å². The molecule has 7 nitrogen and oxygen atoms in total. The third-order valence-electron chi connectivity index (χ3n) is 7.12. The summed E-state index contributed by atoms with van der Waals surface area (Å²) in [6, 6.07) is 9.47. The van der Waals surface area contributed by atoms with Crippen molar-refractivity contribution < 1.29 is 22.2 Å². The third-order valence-corrected chi connectivity index (χ3v) is 9.20. The lowest BCUT2D eigenvalue weighted by molar-refractivity contribution is -0.839. The van der Waals surface area contributed by atoms with Crippen molar-refractivity contribution >= 4 is 16.1 Å². The molecule has 0 aromatic heterocycles. The van der Waals surface area contributed by atoms with Crippen molar-refractivity contribution in [1.82, 2.24) is 10.0 Å². The second-order valence-electron chi connectivity index (χ2n) is 9.74. The summed E-state index contributed by atoms with van der Waals surface area (Å²) in [7, 11) is -4.04. The average molecular weight is 497 g/mol. The molecular weight excluding hydrogens is 450 g/mol. The van der Waals surface area contributed by atoms with Crippen LogP contribution in [0, 0.1) is 5.92 Å². The highest BCUT2D eigenvalue weighted by molar-refractivity contribution is 7.84. The van der Waals surface area contributed by atoms with Crippen molar-refractivity contribution in [3.63, 3.8) is 0 Å². The number of rotatable bonds is 15. The Morgan fingerprint density at radius 1 is 1.06 bits per heavy atom. The van der Waals surface area contributed by atoms with Gasteiger partial charge in [-0.25, -0.2) is 4.72 Å². The summed E-state index contributed by atoms with van der Waals surface area (Å²) in [6.45, 7) is 7.24. The number of nitrogens with one attached hydrogen (secondary N) is 2. The van der Waals surface area contributed by atoms with E-state index in [2.05, 4.69) is 10.0 Å². The fourth-order valence-electron chi connectivity index (χ4n) is 5.45. The van der Waals surface area contributed by atoms with Crippen LogP contribution in [0.2, 0.25) is 0 Å². The number of nitrogens with zero attached hydrogens (tertiary/aromatic N) is 1. The maximum Gasteiger partial charge on any atom is 0.396 e. The topological polar surface area (TPSA) is 95.5 Å². The fourth-order valence-corrected chi connectivity index (χ4v) is 7.49. The molecule has 194 valence electrons. The van der Waals surface area contributed by atoms with E-state index in [9.17, 15) is 18.3 Å². The van der Waals surface area contributed by atoms with Crippen LogP contribution >= 0.6 is 0 Å². The van der Waals surface area contributed by atoms with Crippen LogP contribution in [-0.4, -0.2) is 55.1 Å². The molecule has 1 amide bonds. The number of amides is 1. The molecular formula is C26H46N3O4S+. The second-order valence-corrected chi connectivity index (χ2v) is 11.6. The fraction of sp³-hybridized carbons (Fsp3) is 0.731. The zero-order valence-electron chi connectivity index (χ0n) is 21.3. The van der Waals surface area contributed by atoms with Gasteiger partial charge < -0.3 is 10.4 Å². The first kappa shape index (κ1) is 28.8. The largest absolute Gasteiger partial charge is 0.396 e. The van der Waals surface area contributed by atoms with Gasteiger partial charge in [0.2, 0.25) is 5.91 Å². The van der Waals surface area contributed by atoms with Crippen molar-refractivity contribution in [2.24, 2.45) is 5.92 Å². The number of carbonyl (C=O) groups excluding carboxylic acids is 1. The number of carbonyl (C=O) groups is 1. The highest BCUT2D eigenvalue weighted by Gasteiger charge is 2.51. The van der Waals surface area contributed by atoms with E-state index in [0.29, 0.717) is 51.4 Å². The highest BCUT2D eigenvalue weighted by Crippen LogP contribution is 2.34. The number of hydrogen-bond donors (Lipinski definition) is 3. The number of benzene rings is 1. The standard InChI is InChI=1S/C26H45N3O4S/c1-4-17-29(18-5-2,34(32,33)28-26(31)6-3)24(19-22-13-9-7-10-14-22)25(30)21-27-20-23-15-11-8-12-16-23/h8,11-12,15-16,22,24-25,27,30H,4-7,9-10,13-14,17-21H2,1-3H3/p+1. The van der Waals surface area contributed by atoms with Gasteiger partial charge in [0.05, 0.1) is 13.1 Å². The van der Waals surface area contributed by atoms with Gasteiger partial charge in [-0.15, -0.1) is 0 Å². The summed E-state index contributed by atoms with van der Waals surface area (Å²) in [6.07, 6.45) is 6.86. The smallest absolute Gasteiger partial charge is 0.386 e. The Labute approximate surface area is 207 Å². The maximum atomic E-state index is 13.8. The average Bonchev–Trinajstić information content (AvgIpc) is 2.83. The molecule has 1 aromatic carbocycles. The molecule has 1 aliphatic rings. The monoisotopic (exact) mass is 496 g/mol. The lowest BCUT2D eigenvalue weighted by Gasteiger charge is -2.45. The van der Waals surface area contributed by atoms with Gasteiger partial charge in [0.15, 0.2) is 0 Å². The normalized spacial score (nSPS) is 17.3. The van der Waals surface area contributed by atoms with E-state index in [-0.39, 0.29) is 10.3 Å². The van der Waals surface area contributed by atoms with Crippen LogP contribution in [0.25, 0.3) is 0 Å². The number of aliphatic hydroxyl groups is 1. The molecule has 1 aromatic rings. The number of aliphatic hydroxyl groups excluding tert-OH is 1. The minimum Gasteiger partial charge on any atom is -0.386 e. The lowest BCUT2D eigenvalue weighted by Crippen LogP contribution is -2.68. The maximum absolute atomic E-state index is 13.8. The van der Waals surface area contributed by atoms with Crippen LogP contribution in [0.3, 0.4) is 0 Å². The Hall–Kier alpha value is -1.48. The molecule has 1 aliphatic carbocycles. The first-order chi connectivity index (χ1) is 16.3. The summed E-state index contributed by atoms with van der Waals surface area (Å²) in [5.41, 5.74) is 1.12. The third kappa shape index (κ3) is 7.77. The molecule has 34 heavy (non-hydrogen) atoms. The summed E-state index contributed by atoms with van der Waals surface area (Å²) >= 11 is 0. The van der Waals surface area contributed by atoms with Crippen LogP contribution in [0.1, 0.15) is 84.1 Å². The molecule has 3 N–H and O–H groups in total. The zero-order valence-corrected chi connectivity index (χ0v) is 22.2. The summed E-state index contributed by atoms with van der Waals surface area (Å²) < 4.78 is 29.7. The SMILES string of the molecule is CCC[N+](CCC)(C(CC1CCCCC1)C(O)CNCc1ccccc1)S(=O)(=O)NC(=O)CC. The van der Waals surface area contributed by atoms with E-state index in [0.717, 1.165) is 31.2 Å². The Bertz CT molecular complexity index is 820. The Morgan fingerprint density at radius 2 is 1.68 bits per heavy atom. The highest BCUT2D eigenvalue weighted by atomic mass is 32.2. The van der Waals surface area contributed by atoms with Crippen molar-refractivity contribution in [3.05, 3.63) is 35.9 Å². The van der Waals surface area contributed by atoms with E-state index in [1.54, 1.807) is 6.92 Å². The molecule has 1 fully saturated rings. The van der Waals surface area contributed by atoms with Gasteiger partial charge in [-0.05, 0) is 24.3 Å². The molecule has 0 bridgehead atoms. The quantitative estimate of drug-likeness (QED) is 0.320. The number of quaternary nitrogens is 1. The van der Waals surface area contributed by atoms with Gasteiger partial charge in [-0.2, -0.15) is 12.3 Å². The van der Waals surface area contributed by atoms with E-state index >= 15 is 0 Å². The summed E-state index contributed by atoms with van der Waals surface area (Å²) in [5, 5.41) is 14.8. The van der Waals surface area contributed by atoms with Crippen LogP contribution < -0.4 is 10.0 Å². The minimum absolute atomic E-state index is 0.103. The van der Waals surface area contributed by atoms with E-state index in [1.165, 1.54) is 6.42 Å². The second kappa shape index (κ2) is 14.2. The van der Waals surface area contributed by atoms with Crippen molar-refractivity contribution in [3.8, 4) is 0 Å². The van der Waals surface area contributed by atoms with Crippen molar-refractivity contribution in [2.75, 3.05) is 19.6 Å². The van der Waals surface area contributed by atoms with E-state index < -0.39 is 28.3 Å². The minimum atomic E-state index is -4.04. The van der Waals surface area contributed by atoms with Gasteiger partial charge >= 0.3 is 10.2 Å². The molecule has 0 saturated heterocycles. The number of hydrogen-bond acceptors (Lipinski definition) is 5. The van der Waals surface area contributed by atoms with Crippen molar-refractivity contribution in [1.29, 1.82) is 0 Å². The molecule has 0 radical (unpaired) electrons. The first-order valence-corrected chi connectivity index (χ1v) is 14.6. The molecule has 0 heterocycles. The Balaban J connectivity index is 2.36. The van der Waals surface area contributed by atoms with Crippen LogP contribution in [0.15, 0.2) is 30.3 Å². The van der Waals surface area contributed by atoms with Gasteiger partial charge in [-0.3, -0.25) is 4.79 Å². The predicted octanol–water partition coefficient (Wildman–Crippen LogP) is 3.88. The van der Waals surface area contributed by atoms with Crippen molar-refractivity contribution in [2.45, 2.75) is 97.2 Å². The zero-order chi connectivity index (χ0) is 25.0. The molecule has 0 spiro atoms. The first-order valence-electron chi connectivity index (χ1n) is 13.1. The summed E-state index contributed by atoms with van der Waals surface area (Å²) in [5.74, 6) is -0.103. The Kier molecular flexibility index (Phi) is 12.0. The molecule has 0 aliphatic heterocycles. The lowest BCUT2D eigenvalue weighted by atomic mass is 9.83. The molecule has 2 rings (SSSR count). The molecule has 2 atom stereocenters. The molecule has 2 unspecified atom stereocenters.